The lowest BCUT2D eigenvalue weighted by atomic mass is 10.1. The van der Waals surface area contributed by atoms with E-state index in [-0.39, 0.29) is 30.1 Å². The monoisotopic (exact) mass is 476 g/mol. The molecule has 0 spiro atoms. The van der Waals surface area contributed by atoms with Crippen LogP contribution in [-0.2, 0) is 17.9 Å². The summed E-state index contributed by atoms with van der Waals surface area (Å²) in [5, 5.41) is 0.966. The maximum Gasteiger partial charge on any atom is 0.293 e. The van der Waals surface area contributed by atoms with Crippen LogP contribution in [0.25, 0.3) is 17.0 Å². The lowest BCUT2D eigenvalue weighted by molar-refractivity contribution is -0.123. The predicted molar refractivity (Wildman–Crippen MR) is 130 cm³/mol. The van der Waals surface area contributed by atoms with Crippen molar-refractivity contribution < 1.29 is 14.0 Å². The molecule has 0 bridgehead atoms. The first kappa shape index (κ1) is 21.5. The molecular formula is C26H18ClFN2O2S. The van der Waals surface area contributed by atoms with Crippen molar-refractivity contribution in [3.8, 4) is 0 Å². The van der Waals surface area contributed by atoms with Crippen molar-refractivity contribution in [1.29, 1.82) is 0 Å². The van der Waals surface area contributed by atoms with Crippen LogP contribution in [0.3, 0.4) is 0 Å². The molecule has 164 valence electrons. The van der Waals surface area contributed by atoms with Crippen LogP contribution in [0.1, 0.15) is 16.7 Å². The first-order valence-electron chi connectivity index (χ1n) is 10.3. The van der Waals surface area contributed by atoms with Crippen LogP contribution < -0.4 is 0 Å². The van der Waals surface area contributed by atoms with Crippen molar-refractivity contribution >= 4 is 51.5 Å². The minimum absolute atomic E-state index is 0.233. The second-order valence-electron chi connectivity index (χ2n) is 7.68. The molecule has 0 N–H and O–H groups in total. The van der Waals surface area contributed by atoms with E-state index < -0.39 is 0 Å². The van der Waals surface area contributed by atoms with E-state index in [2.05, 4.69) is 0 Å². The van der Waals surface area contributed by atoms with Crippen molar-refractivity contribution in [2.75, 3.05) is 0 Å². The number of carbonyl (C=O) groups is 2. The van der Waals surface area contributed by atoms with Gasteiger partial charge >= 0.3 is 0 Å². The molecule has 1 saturated heterocycles. The predicted octanol–water partition coefficient (Wildman–Crippen LogP) is 6.72. The van der Waals surface area contributed by atoms with Gasteiger partial charge in [0.2, 0.25) is 0 Å². The van der Waals surface area contributed by atoms with Crippen LogP contribution in [0.2, 0.25) is 5.02 Å². The van der Waals surface area contributed by atoms with Crippen LogP contribution in [0, 0.1) is 5.82 Å². The van der Waals surface area contributed by atoms with E-state index in [0.717, 1.165) is 33.8 Å². The summed E-state index contributed by atoms with van der Waals surface area (Å²) < 4.78 is 16.3. The number of hydrogen-bond acceptors (Lipinski definition) is 3. The number of para-hydroxylation sites is 1. The molecule has 0 aliphatic carbocycles. The largest absolute Gasteiger partial charge is 0.342 e. The quantitative estimate of drug-likeness (QED) is 0.300. The molecule has 4 aromatic rings. The number of benzene rings is 3. The minimum Gasteiger partial charge on any atom is -0.342 e. The van der Waals surface area contributed by atoms with Crippen molar-refractivity contribution in [3.63, 3.8) is 0 Å². The first-order chi connectivity index (χ1) is 16.0. The second kappa shape index (κ2) is 8.89. The Morgan fingerprint density at radius 3 is 2.45 bits per heavy atom. The first-order valence-corrected chi connectivity index (χ1v) is 11.5. The standard InChI is InChI=1S/C26H18ClFN2O2S/c27-21-10-6-11-22(28)20(21)16-29-15-18(19-9-4-5-12-23(19)29)13-24-25(31)30(26(32)33-24)14-17-7-2-1-3-8-17/h1-13,15H,14,16H2/b24-13-. The average Bonchev–Trinajstić information content (AvgIpc) is 3.29. The fraction of sp³-hybridized carbons (Fsp3) is 0.0769. The molecule has 1 aliphatic heterocycles. The molecule has 0 unspecified atom stereocenters. The Labute approximate surface area is 199 Å². The average molecular weight is 477 g/mol. The van der Waals surface area contributed by atoms with E-state index in [1.165, 1.54) is 11.0 Å². The third kappa shape index (κ3) is 4.19. The highest BCUT2D eigenvalue weighted by molar-refractivity contribution is 8.18. The van der Waals surface area contributed by atoms with Crippen molar-refractivity contribution in [2.24, 2.45) is 0 Å². The Hall–Kier alpha value is -3.35. The number of carbonyl (C=O) groups excluding carboxylic acids is 2. The zero-order chi connectivity index (χ0) is 22.9. The lowest BCUT2D eigenvalue weighted by Gasteiger charge is -2.12. The maximum absolute atomic E-state index is 14.4. The Balaban J connectivity index is 1.49. The van der Waals surface area contributed by atoms with Gasteiger partial charge in [0.15, 0.2) is 0 Å². The highest BCUT2D eigenvalue weighted by Gasteiger charge is 2.35. The summed E-state index contributed by atoms with van der Waals surface area (Å²) in [5.74, 6) is -0.688. The number of nitrogens with zero attached hydrogens (tertiary/aromatic N) is 2. The summed E-state index contributed by atoms with van der Waals surface area (Å²) in [6.07, 6.45) is 3.59. The summed E-state index contributed by atoms with van der Waals surface area (Å²) in [4.78, 5) is 27.1. The number of hydrogen-bond donors (Lipinski definition) is 0. The molecule has 4 nitrogen and oxygen atoms in total. The zero-order valence-electron chi connectivity index (χ0n) is 17.4. The second-order valence-corrected chi connectivity index (χ2v) is 9.08. The van der Waals surface area contributed by atoms with Gasteiger partial charge < -0.3 is 4.57 Å². The van der Waals surface area contributed by atoms with Gasteiger partial charge in [-0.05, 0) is 41.6 Å². The SMILES string of the molecule is O=C1S/C(=C\c2cn(Cc3c(F)cccc3Cl)c3ccccc23)C(=O)N1Cc1ccccc1. The molecule has 33 heavy (non-hydrogen) atoms. The number of imide groups is 1. The van der Waals surface area contributed by atoms with E-state index in [1.807, 2.05) is 65.4 Å². The molecule has 1 aliphatic rings. The molecule has 1 fully saturated rings. The van der Waals surface area contributed by atoms with E-state index >= 15 is 0 Å². The Morgan fingerprint density at radius 1 is 0.909 bits per heavy atom. The number of aromatic nitrogens is 1. The van der Waals surface area contributed by atoms with Gasteiger partial charge in [-0.2, -0.15) is 0 Å². The number of thioether (sulfide) groups is 1. The normalized spacial score (nSPS) is 15.2. The molecule has 7 heteroatoms. The molecule has 0 atom stereocenters. The summed E-state index contributed by atoms with van der Waals surface area (Å²) in [7, 11) is 0. The van der Waals surface area contributed by atoms with Gasteiger partial charge in [0.1, 0.15) is 5.82 Å². The van der Waals surface area contributed by atoms with Crippen molar-refractivity contribution in [3.05, 3.63) is 111 Å². The van der Waals surface area contributed by atoms with Crippen LogP contribution in [-0.4, -0.2) is 20.6 Å². The summed E-state index contributed by atoms with van der Waals surface area (Å²) in [6, 6.07) is 21.7. The Kier molecular flexibility index (Phi) is 5.79. The van der Waals surface area contributed by atoms with Gasteiger partial charge in [-0.15, -0.1) is 0 Å². The lowest BCUT2D eigenvalue weighted by Crippen LogP contribution is -2.27. The van der Waals surface area contributed by atoms with Crippen LogP contribution >= 0.6 is 23.4 Å². The molecule has 0 saturated carbocycles. The van der Waals surface area contributed by atoms with Crippen molar-refractivity contribution in [1.82, 2.24) is 9.47 Å². The minimum atomic E-state index is -0.371. The number of halogens is 2. The molecule has 0 radical (unpaired) electrons. The number of amides is 2. The Morgan fingerprint density at radius 2 is 1.67 bits per heavy atom. The van der Waals surface area contributed by atoms with Gasteiger partial charge in [-0.25, -0.2) is 4.39 Å². The van der Waals surface area contributed by atoms with E-state index in [9.17, 15) is 14.0 Å². The third-order valence-electron chi connectivity index (χ3n) is 5.55. The topological polar surface area (TPSA) is 42.3 Å². The fourth-order valence-corrected chi connectivity index (χ4v) is 4.97. The smallest absolute Gasteiger partial charge is 0.293 e. The fourth-order valence-electron chi connectivity index (χ4n) is 3.92. The van der Waals surface area contributed by atoms with E-state index in [0.29, 0.717) is 15.5 Å². The molecule has 2 amide bonds. The van der Waals surface area contributed by atoms with E-state index in [4.69, 9.17) is 11.6 Å². The van der Waals surface area contributed by atoms with Crippen LogP contribution in [0.4, 0.5) is 9.18 Å². The molecule has 5 rings (SSSR count). The van der Waals surface area contributed by atoms with Gasteiger partial charge in [0.25, 0.3) is 11.1 Å². The van der Waals surface area contributed by atoms with Crippen LogP contribution in [0.5, 0.6) is 0 Å². The zero-order valence-corrected chi connectivity index (χ0v) is 18.9. The molecule has 2 heterocycles. The number of rotatable bonds is 5. The van der Waals surface area contributed by atoms with Gasteiger partial charge in [-0.1, -0.05) is 66.2 Å². The number of fused-ring (bicyclic) bond motifs is 1. The maximum atomic E-state index is 14.4. The highest BCUT2D eigenvalue weighted by atomic mass is 35.5. The van der Waals surface area contributed by atoms with Gasteiger partial charge in [0.05, 0.1) is 18.0 Å². The highest BCUT2D eigenvalue weighted by Crippen LogP contribution is 2.35. The summed E-state index contributed by atoms with van der Waals surface area (Å²) in [5.41, 5.74) is 2.95. The Bertz CT molecular complexity index is 1390. The molecule has 1 aromatic heterocycles. The summed E-state index contributed by atoms with van der Waals surface area (Å²) in [6.45, 7) is 0.478. The molecule has 3 aromatic carbocycles. The van der Waals surface area contributed by atoms with E-state index in [1.54, 1.807) is 18.2 Å². The third-order valence-corrected chi connectivity index (χ3v) is 6.81. The van der Waals surface area contributed by atoms with Crippen LogP contribution in [0.15, 0.2) is 83.9 Å². The van der Waals surface area contributed by atoms with Gasteiger partial charge in [-0.3, -0.25) is 14.5 Å². The van der Waals surface area contributed by atoms with Crippen molar-refractivity contribution in [2.45, 2.75) is 13.1 Å². The van der Waals surface area contributed by atoms with Gasteiger partial charge in [0, 0.05) is 33.2 Å². The molecular weight excluding hydrogens is 459 g/mol. The summed E-state index contributed by atoms with van der Waals surface area (Å²) >= 11 is 7.17.